The molecule has 0 aromatic carbocycles. The van der Waals surface area contributed by atoms with Crippen molar-refractivity contribution in [3.8, 4) is 0 Å². The van der Waals surface area contributed by atoms with Crippen LogP contribution in [0.4, 0.5) is 0 Å². The molecule has 98 valence electrons. The minimum absolute atomic E-state index is 0.214. The number of nitrogens with zero attached hydrogens (tertiary/aromatic N) is 1. The summed E-state index contributed by atoms with van der Waals surface area (Å²) in [6.45, 7) is 6.26. The summed E-state index contributed by atoms with van der Waals surface area (Å²) in [6, 6.07) is 0.214. The van der Waals surface area contributed by atoms with E-state index in [4.69, 9.17) is 5.73 Å². The van der Waals surface area contributed by atoms with E-state index in [1.54, 1.807) is 0 Å². The zero-order chi connectivity index (χ0) is 12.4. The molecule has 0 bridgehead atoms. The summed E-state index contributed by atoms with van der Waals surface area (Å²) in [5.74, 6) is 2.27. The molecule has 0 radical (unpaired) electrons. The molecule has 1 amide bonds. The van der Waals surface area contributed by atoms with Crippen LogP contribution < -0.4 is 5.73 Å². The first-order chi connectivity index (χ1) is 8.08. The molecule has 1 heterocycles. The molecule has 0 spiro atoms. The van der Waals surface area contributed by atoms with Gasteiger partial charge >= 0.3 is 0 Å². The van der Waals surface area contributed by atoms with E-state index in [1.165, 1.54) is 12.8 Å². The van der Waals surface area contributed by atoms with E-state index in [1.807, 2.05) is 4.90 Å². The van der Waals surface area contributed by atoms with Gasteiger partial charge in [0.1, 0.15) is 0 Å². The summed E-state index contributed by atoms with van der Waals surface area (Å²) >= 11 is 0. The van der Waals surface area contributed by atoms with E-state index < -0.39 is 0 Å². The van der Waals surface area contributed by atoms with E-state index in [2.05, 4.69) is 13.8 Å². The zero-order valence-electron chi connectivity index (χ0n) is 11.2. The van der Waals surface area contributed by atoms with Crippen LogP contribution in [0.5, 0.6) is 0 Å². The minimum Gasteiger partial charge on any atom is -0.341 e. The number of likely N-dealkylation sites (tertiary alicyclic amines) is 1. The van der Waals surface area contributed by atoms with Crippen molar-refractivity contribution in [3.05, 3.63) is 0 Å². The normalized spacial score (nSPS) is 34.4. The molecule has 1 saturated carbocycles. The standard InChI is InChI=1S/C14H26N2O/c1-10(2)11-3-5-12(6-4-11)14(17)16-8-7-13(15)9-16/h10-13H,3-9,15H2,1-2H3/t11?,12?,13-/m1/s1. The van der Waals surface area contributed by atoms with Gasteiger partial charge in [-0.05, 0) is 43.9 Å². The zero-order valence-corrected chi connectivity index (χ0v) is 11.2. The largest absolute Gasteiger partial charge is 0.341 e. The summed E-state index contributed by atoms with van der Waals surface area (Å²) in [5, 5.41) is 0. The maximum Gasteiger partial charge on any atom is 0.225 e. The van der Waals surface area contributed by atoms with Gasteiger partial charge in [-0.2, -0.15) is 0 Å². The van der Waals surface area contributed by atoms with Crippen LogP contribution in [0, 0.1) is 17.8 Å². The van der Waals surface area contributed by atoms with Crippen molar-refractivity contribution >= 4 is 5.91 Å². The lowest BCUT2D eigenvalue weighted by atomic mass is 9.76. The molecule has 3 heteroatoms. The summed E-state index contributed by atoms with van der Waals surface area (Å²) in [7, 11) is 0. The Labute approximate surface area is 105 Å². The van der Waals surface area contributed by atoms with Crippen molar-refractivity contribution < 1.29 is 4.79 Å². The Morgan fingerprint density at radius 2 is 1.82 bits per heavy atom. The Morgan fingerprint density at radius 1 is 1.18 bits per heavy atom. The number of amides is 1. The first-order valence-corrected chi connectivity index (χ1v) is 7.12. The molecule has 2 aliphatic rings. The Bertz CT molecular complexity index is 269. The van der Waals surface area contributed by atoms with Crippen molar-refractivity contribution in [2.45, 2.75) is 52.0 Å². The predicted octanol–water partition coefficient (Wildman–Crippen LogP) is 2.01. The summed E-state index contributed by atoms with van der Waals surface area (Å²) in [4.78, 5) is 14.3. The predicted molar refractivity (Wildman–Crippen MR) is 69.5 cm³/mol. The highest BCUT2D eigenvalue weighted by molar-refractivity contribution is 5.79. The molecule has 0 aromatic rings. The second kappa shape index (κ2) is 5.38. The molecule has 17 heavy (non-hydrogen) atoms. The highest BCUT2D eigenvalue weighted by Crippen LogP contribution is 2.34. The maximum atomic E-state index is 12.3. The van der Waals surface area contributed by atoms with Crippen LogP contribution in [-0.4, -0.2) is 29.9 Å². The lowest BCUT2D eigenvalue weighted by Gasteiger charge is -2.32. The third-order valence-electron chi connectivity index (χ3n) is 4.60. The highest BCUT2D eigenvalue weighted by Gasteiger charge is 2.32. The molecule has 2 N–H and O–H groups in total. The van der Waals surface area contributed by atoms with Crippen LogP contribution in [0.2, 0.25) is 0 Å². The number of carbonyl (C=O) groups excluding carboxylic acids is 1. The van der Waals surface area contributed by atoms with Gasteiger partial charge in [-0.15, -0.1) is 0 Å². The average Bonchev–Trinajstić information content (AvgIpc) is 2.75. The lowest BCUT2D eigenvalue weighted by molar-refractivity contribution is -0.135. The monoisotopic (exact) mass is 238 g/mol. The van der Waals surface area contributed by atoms with Gasteiger partial charge in [0.25, 0.3) is 0 Å². The Balaban J connectivity index is 1.82. The van der Waals surface area contributed by atoms with Crippen molar-refractivity contribution in [2.24, 2.45) is 23.5 Å². The molecule has 1 aliphatic heterocycles. The van der Waals surface area contributed by atoms with E-state index in [0.29, 0.717) is 5.91 Å². The summed E-state index contributed by atoms with van der Waals surface area (Å²) < 4.78 is 0. The van der Waals surface area contributed by atoms with Gasteiger partial charge in [-0.3, -0.25) is 4.79 Å². The van der Waals surface area contributed by atoms with Gasteiger partial charge in [0.05, 0.1) is 0 Å². The molecule has 1 aliphatic carbocycles. The topological polar surface area (TPSA) is 46.3 Å². The van der Waals surface area contributed by atoms with Gasteiger partial charge in [-0.1, -0.05) is 13.8 Å². The molecule has 2 rings (SSSR count). The highest BCUT2D eigenvalue weighted by atomic mass is 16.2. The van der Waals surface area contributed by atoms with Gasteiger partial charge in [-0.25, -0.2) is 0 Å². The second-order valence-electron chi connectivity index (χ2n) is 6.19. The van der Waals surface area contributed by atoms with Crippen LogP contribution in [0.25, 0.3) is 0 Å². The first-order valence-electron chi connectivity index (χ1n) is 7.12. The van der Waals surface area contributed by atoms with E-state index in [-0.39, 0.29) is 12.0 Å². The van der Waals surface area contributed by atoms with Crippen LogP contribution in [-0.2, 0) is 4.79 Å². The smallest absolute Gasteiger partial charge is 0.225 e. The van der Waals surface area contributed by atoms with Crippen molar-refractivity contribution in [1.29, 1.82) is 0 Å². The molecule has 0 aromatic heterocycles. The van der Waals surface area contributed by atoms with E-state index in [9.17, 15) is 4.79 Å². The molecule has 1 saturated heterocycles. The molecule has 0 unspecified atom stereocenters. The number of hydrogen-bond acceptors (Lipinski definition) is 2. The summed E-state index contributed by atoms with van der Waals surface area (Å²) in [6.07, 6.45) is 5.62. The third-order valence-corrected chi connectivity index (χ3v) is 4.60. The van der Waals surface area contributed by atoms with E-state index in [0.717, 1.165) is 44.2 Å². The Morgan fingerprint density at radius 3 is 2.29 bits per heavy atom. The average molecular weight is 238 g/mol. The molecule has 1 atom stereocenters. The third kappa shape index (κ3) is 3.01. The van der Waals surface area contributed by atoms with Gasteiger partial charge < -0.3 is 10.6 Å². The number of hydrogen-bond donors (Lipinski definition) is 1. The van der Waals surface area contributed by atoms with Crippen LogP contribution >= 0.6 is 0 Å². The fourth-order valence-corrected chi connectivity index (χ4v) is 3.28. The number of rotatable bonds is 2. The molecule has 3 nitrogen and oxygen atoms in total. The van der Waals surface area contributed by atoms with Crippen molar-refractivity contribution in [2.75, 3.05) is 13.1 Å². The van der Waals surface area contributed by atoms with Crippen LogP contribution in [0.15, 0.2) is 0 Å². The summed E-state index contributed by atoms with van der Waals surface area (Å²) in [5.41, 5.74) is 5.86. The Kier molecular flexibility index (Phi) is 4.08. The Hall–Kier alpha value is -0.570. The van der Waals surface area contributed by atoms with Gasteiger partial charge in [0.2, 0.25) is 5.91 Å². The van der Waals surface area contributed by atoms with Gasteiger partial charge in [0, 0.05) is 25.0 Å². The lowest BCUT2D eigenvalue weighted by Crippen LogP contribution is -2.38. The van der Waals surface area contributed by atoms with Gasteiger partial charge in [0.15, 0.2) is 0 Å². The minimum atomic E-state index is 0.214. The van der Waals surface area contributed by atoms with Crippen molar-refractivity contribution in [3.63, 3.8) is 0 Å². The number of nitrogens with two attached hydrogens (primary N) is 1. The number of carbonyl (C=O) groups is 1. The second-order valence-corrected chi connectivity index (χ2v) is 6.19. The van der Waals surface area contributed by atoms with Crippen LogP contribution in [0.3, 0.4) is 0 Å². The molecule has 2 fully saturated rings. The molecular formula is C14H26N2O. The quantitative estimate of drug-likeness (QED) is 0.800. The molecular weight excluding hydrogens is 212 g/mol. The fourth-order valence-electron chi connectivity index (χ4n) is 3.28. The maximum absolute atomic E-state index is 12.3. The fraction of sp³-hybridized carbons (Fsp3) is 0.929. The van der Waals surface area contributed by atoms with Crippen molar-refractivity contribution in [1.82, 2.24) is 4.90 Å². The van der Waals surface area contributed by atoms with E-state index >= 15 is 0 Å². The van der Waals surface area contributed by atoms with Crippen LogP contribution in [0.1, 0.15) is 46.0 Å². The SMILES string of the molecule is CC(C)C1CCC(C(=O)N2CC[C@@H](N)C2)CC1. The first kappa shape index (κ1) is 12.9.